The van der Waals surface area contributed by atoms with E-state index in [0.29, 0.717) is 18.7 Å². The minimum Gasteiger partial charge on any atom is -0.465 e. The van der Waals surface area contributed by atoms with E-state index in [9.17, 15) is 4.79 Å². The van der Waals surface area contributed by atoms with Crippen molar-refractivity contribution in [2.45, 2.75) is 25.3 Å². The molecule has 1 heterocycles. The molecule has 1 amide bonds. The molecule has 2 rings (SSSR count). The number of nitrogens with one attached hydrogen (secondary N) is 2. The number of hydrogen-bond acceptors (Lipinski definition) is 5. The van der Waals surface area contributed by atoms with Crippen LogP contribution in [0.2, 0.25) is 6.55 Å². The molecule has 0 saturated carbocycles. The number of carboxylic acid groups (broad SMARTS) is 1. The Balaban J connectivity index is 2.09. The lowest BCUT2D eigenvalue weighted by Crippen LogP contribution is -2.42. The summed E-state index contributed by atoms with van der Waals surface area (Å²) in [5, 5.41) is 11.7. The summed E-state index contributed by atoms with van der Waals surface area (Å²) in [6.45, 7) is 7.31. The molecule has 0 aliphatic rings. The maximum Gasteiger partial charge on any atom is 0.411 e. The van der Waals surface area contributed by atoms with Gasteiger partial charge in [-0.1, -0.05) is 0 Å². The molecule has 0 radical (unpaired) electrons. The average molecular weight is 355 g/mol. The number of aromatic nitrogens is 2. The average Bonchev–Trinajstić information content (AvgIpc) is 2.86. The Hall–Kier alpha value is -1.55. The van der Waals surface area contributed by atoms with E-state index in [1.165, 1.54) is 0 Å². The number of benzene rings is 1. The number of nitrogens with zero attached hydrogens (tertiary/aromatic N) is 1. The number of imidazole rings is 1. The Bertz CT molecular complexity index is 673. The molecule has 1 aromatic carbocycles. The van der Waals surface area contributed by atoms with Crippen molar-refractivity contribution in [2.75, 3.05) is 23.9 Å². The first-order valence-corrected chi connectivity index (χ1v) is 10.9. The van der Waals surface area contributed by atoms with E-state index in [1.54, 1.807) is 11.8 Å². The van der Waals surface area contributed by atoms with Gasteiger partial charge < -0.3 is 18.9 Å². The standard InChI is InChI=1S/C14H21N3O4SSi/c1-4-20-23(3,21-5-2)9-22-10-6-7-11-12(8-10)16-13(15-11)17-14(18)19/h6-8H,4-5,9H2,1-3H3,(H,18,19)(H2,15,16,17). The molecule has 0 unspecified atom stereocenters. The van der Waals surface area contributed by atoms with Crippen molar-refractivity contribution in [3.05, 3.63) is 18.2 Å². The predicted octanol–water partition coefficient (Wildman–Crippen LogP) is 3.43. The molecule has 0 fully saturated rings. The summed E-state index contributed by atoms with van der Waals surface area (Å²) in [6.07, 6.45) is -1.14. The topological polar surface area (TPSA) is 96.5 Å². The Morgan fingerprint density at radius 2 is 2.09 bits per heavy atom. The first-order chi connectivity index (χ1) is 11.0. The zero-order chi connectivity index (χ0) is 16.9. The normalized spacial score (nSPS) is 11.8. The molecular weight excluding hydrogens is 334 g/mol. The predicted molar refractivity (Wildman–Crippen MR) is 93.3 cm³/mol. The quantitative estimate of drug-likeness (QED) is 0.496. The Labute approximate surface area is 140 Å². The van der Waals surface area contributed by atoms with Crippen molar-refractivity contribution in [3.63, 3.8) is 0 Å². The summed E-state index contributed by atoms with van der Waals surface area (Å²) in [5.41, 5.74) is 1.50. The number of aromatic amines is 1. The number of thioether (sulfide) groups is 1. The number of carbonyl (C=O) groups is 1. The van der Waals surface area contributed by atoms with Crippen LogP contribution in [0.25, 0.3) is 11.0 Å². The third kappa shape index (κ3) is 4.96. The van der Waals surface area contributed by atoms with Gasteiger partial charge in [-0.3, -0.25) is 5.32 Å². The zero-order valence-corrected chi connectivity index (χ0v) is 15.2. The lowest BCUT2D eigenvalue weighted by atomic mass is 10.3. The highest BCUT2D eigenvalue weighted by Crippen LogP contribution is 2.26. The van der Waals surface area contributed by atoms with E-state index < -0.39 is 14.7 Å². The fourth-order valence-corrected chi connectivity index (χ4v) is 6.24. The van der Waals surface area contributed by atoms with Crippen molar-refractivity contribution >= 4 is 43.4 Å². The van der Waals surface area contributed by atoms with Gasteiger partial charge in [-0.15, -0.1) is 11.8 Å². The van der Waals surface area contributed by atoms with Crippen LogP contribution in [-0.4, -0.2) is 48.3 Å². The highest BCUT2D eigenvalue weighted by atomic mass is 32.2. The van der Waals surface area contributed by atoms with E-state index in [1.807, 2.05) is 32.0 Å². The van der Waals surface area contributed by atoms with Crippen molar-refractivity contribution in [3.8, 4) is 0 Å². The van der Waals surface area contributed by atoms with Crippen molar-refractivity contribution in [1.29, 1.82) is 0 Å². The summed E-state index contributed by atoms with van der Waals surface area (Å²) in [7, 11) is -2.17. The van der Waals surface area contributed by atoms with E-state index in [4.69, 9.17) is 14.0 Å². The summed E-state index contributed by atoms with van der Waals surface area (Å²) >= 11 is 1.67. The van der Waals surface area contributed by atoms with Crippen LogP contribution in [-0.2, 0) is 8.85 Å². The number of amides is 1. The second-order valence-electron chi connectivity index (χ2n) is 4.98. The largest absolute Gasteiger partial charge is 0.465 e. The van der Waals surface area contributed by atoms with Crippen LogP contribution >= 0.6 is 11.8 Å². The molecule has 126 valence electrons. The van der Waals surface area contributed by atoms with Gasteiger partial charge >= 0.3 is 14.7 Å². The van der Waals surface area contributed by atoms with Gasteiger partial charge in [-0.2, -0.15) is 0 Å². The van der Waals surface area contributed by atoms with Crippen molar-refractivity contribution < 1.29 is 18.8 Å². The van der Waals surface area contributed by atoms with Crippen LogP contribution in [0.5, 0.6) is 0 Å². The minimum atomic E-state index is -2.17. The Morgan fingerprint density at radius 1 is 1.39 bits per heavy atom. The molecule has 0 spiro atoms. The molecule has 0 aliphatic heterocycles. The molecule has 0 bridgehead atoms. The fourth-order valence-electron chi connectivity index (χ4n) is 2.19. The molecule has 3 N–H and O–H groups in total. The molecule has 0 atom stereocenters. The molecule has 7 nitrogen and oxygen atoms in total. The van der Waals surface area contributed by atoms with Gasteiger partial charge in [0.1, 0.15) is 0 Å². The Morgan fingerprint density at radius 3 is 2.70 bits per heavy atom. The molecule has 1 aromatic heterocycles. The van der Waals surface area contributed by atoms with Gasteiger partial charge in [0.2, 0.25) is 5.95 Å². The van der Waals surface area contributed by atoms with E-state index in [0.717, 1.165) is 15.8 Å². The maximum atomic E-state index is 10.6. The van der Waals surface area contributed by atoms with Crippen LogP contribution in [0.1, 0.15) is 13.8 Å². The minimum absolute atomic E-state index is 0.220. The number of anilines is 1. The molecule has 9 heteroatoms. The smallest absolute Gasteiger partial charge is 0.411 e. The summed E-state index contributed by atoms with van der Waals surface area (Å²) < 4.78 is 11.7. The highest BCUT2D eigenvalue weighted by molar-refractivity contribution is 8.00. The number of fused-ring (bicyclic) bond motifs is 1. The number of H-pyrrole nitrogens is 1. The van der Waals surface area contributed by atoms with Crippen LogP contribution in [0.4, 0.5) is 10.7 Å². The van der Waals surface area contributed by atoms with Gasteiger partial charge in [-0.25, -0.2) is 9.78 Å². The van der Waals surface area contributed by atoms with E-state index in [2.05, 4.69) is 21.8 Å². The highest BCUT2D eigenvalue weighted by Gasteiger charge is 2.30. The Kier molecular flexibility index (Phi) is 6.05. The third-order valence-corrected chi connectivity index (χ3v) is 8.14. The number of hydrogen-bond donors (Lipinski definition) is 3. The van der Waals surface area contributed by atoms with Gasteiger partial charge in [0.25, 0.3) is 0 Å². The monoisotopic (exact) mass is 355 g/mol. The molecule has 23 heavy (non-hydrogen) atoms. The van der Waals surface area contributed by atoms with E-state index in [-0.39, 0.29) is 5.95 Å². The van der Waals surface area contributed by atoms with Crippen molar-refractivity contribution in [2.24, 2.45) is 0 Å². The summed E-state index contributed by atoms with van der Waals surface area (Å²) in [4.78, 5) is 18.8. The second kappa shape index (κ2) is 7.82. The lowest BCUT2D eigenvalue weighted by Gasteiger charge is -2.25. The van der Waals surface area contributed by atoms with Crippen LogP contribution in [0.15, 0.2) is 23.1 Å². The SMILES string of the molecule is CCO[Si](C)(CSc1ccc2nc(NC(=O)O)[nH]c2c1)OCC. The van der Waals surface area contributed by atoms with Gasteiger partial charge in [0.05, 0.1) is 11.0 Å². The molecule has 2 aromatic rings. The second-order valence-corrected chi connectivity index (χ2v) is 9.74. The van der Waals surface area contributed by atoms with Gasteiger partial charge in [-0.05, 0) is 38.6 Å². The van der Waals surface area contributed by atoms with Crippen LogP contribution in [0, 0.1) is 0 Å². The maximum absolute atomic E-state index is 10.6. The molecular formula is C14H21N3O4SSi. The van der Waals surface area contributed by atoms with E-state index >= 15 is 0 Å². The first-order valence-electron chi connectivity index (χ1n) is 7.36. The molecule has 0 saturated heterocycles. The van der Waals surface area contributed by atoms with Crippen molar-refractivity contribution in [1.82, 2.24) is 9.97 Å². The fraction of sp³-hybridized carbons (Fsp3) is 0.429. The lowest BCUT2D eigenvalue weighted by molar-refractivity contribution is 0.195. The van der Waals surface area contributed by atoms with Gasteiger partial charge in [0, 0.05) is 23.5 Å². The summed E-state index contributed by atoms with van der Waals surface area (Å²) in [5.74, 6) is 0.220. The zero-order valence-electron chi connectivity index (χ0n) is 13.4. The van der Waals surface area contributed by atoms with Crippen LogP contribution < -0.4 is 5.32 Å². The third-order valence-electron chi connectivity index (χ3n) is 3.08. The first kappa shape index (κ1) is 17.8. The molecule has 0 aliphatic carbocycles. The van der Waals surface area contributed by atoms with Gasteiger partial charge in [0.15, 0.2) is 0 Å². The number of rotatable bonds is 8. The summed E-state index contributed by atoms with van der Waals surface area (Å²) in [6, 6.07) is 5.78. The van der Waals surface area contributed by atoms with Crippen LogP contribution in [0.3, 0.4) is 0 Å².